The summed E-state index contributed by atoms with van der Waals surface area (Å²) in [4.78, 5) is 27.4. The molecule has 18 heavy (non-hydrogen) atoms. The summed E-state index contributed by atoms with van der Waals surface area (Å²) in [6, 6.07) is 1.52. The zero-order chi connectivity index (χ0) is 13.4. The first-order valence-electron chi connectivity index (χ1n) is 6.49. The van der Waals surface area contributed by atoms with E-state index in [2.05, 4.69) is 17.2 Å². The summed E-state index contributed by atoms with van der Waals surface area (Å²) < 4.78 is 1.33. The quantitative estimate of drug-likeness (QED) is 0.789. The monoisotopic (exact) mass is 251 g/mol. The zero-order valence-electron chi connectivity index (χ0n) is 11.1. The predicted octanol–water partition coefficient (Wildman–Crippen LogP) is 1.11. The van der Waals surface area contributed by atoms with Gasteiger partial charge in [0.25, 0.3) is 5.56 Å². The molecule has 0 radical (unpaired) electrons. The van der Waals surface area contributed by atoms with Gasteiger partial charge in [0.2, 0.25) is 5.91 Å². The minimum Gasteiger partial charge on any atom is -0.355 e. The van der Waals surface area contributed by atoms with Gasteiger partial charge in [-0.3, -0.25) is 14.2 Å². The second-order valence-corrected chi connectivity index (χ2v) is 4.30. The molecular formula is C13H21N3O2. The summed E-state index contributed by atoms with van der Waals surface area (Å²) in [5.74, 6) is -0.151. The van der Waals surface area contributed by atoms with Gasteiger partial charge >= 0.3 is 0 Å². The Morgan fingerprint density at radius 2 is 2.17 bits per heavy atom. The van der Waals surface area contributed by atoms with Crippen molar-refractivity contribution in [3.63, 3.8) is 0 Å². The average Bonchev–Trinajstić information content (AvgIpc) is 2.36. The van der Waals surface area contributed by atoms with Gasteiger partial charge < -0.3 is 5.32 Å². The molecule has 0 saturated heterocycles. The second kappa shape index (κ2) is 7.63. The number of nitrogens with one attached hydrogen (secondary N) is 1. The van der Waals surface area contributed by atoms with Crippen molar-refractivity contribution in [2.45, 2.75) is 46.1 Å². The van der Waals surface area contributed by atoms with Gasteiger partial charge in [-0.25, -0.2) is 4.98 Å². The molecule has 1 aromatic rings. The number of aryl methyl sites for hydroxylation is 1. The zero-order valence-corrected chi connectivity index (χ0v) is 11.1. The van der Waals surface area contributed by atoms with Crippen molar-refractivity contribution in [3.05, 3.63) is 28.4 Å². The lowest BCUT2D eigenvalue weighted by molar-refractivity contribution is -0.121. The number of aromatic nitrogens is 2. The molecule has 1 heterocycles. The highest BCUT2D eigenvalue weighted by molar-refractivity contribution is 5.75. The first-order chi connectivity index (χ1) is 8.67. The summed E-state index contributed by atoms with van der Waals surface area (Å²) in [5, 5.41) is 2.73. The first kappa shape index (κ1) is 14.4. The van der Waals surface area contributed by atoms with Crippen LogP contribution < -0.4 is 10.9 Å². The largest absolute Gasteiger partial charge is 0.355 e. The smallest absolute Gasteiger partial charge is 0.253 e. The van der Waals surface area contributed by atoms with Gasteiger partial charge in [-0.1, -0.05) is 20.3 Å². The molecule has 0 bridgehead atoms. The lowest BCUT2D eigenvalue weighted by Gasteiger charge is -2.06. The number of hydrogen-bond donors (Lipinski definition) is 1. The molecule has 0 saturated carbocycles. The van der Waals surface area contributed by atoms with E-state index >= 15 is 0 Å². The fourth-order valence-corrected chi connectivity index (χ4v) is 1.55. The van der Waals surface area contributed by atoms with Crippen LogP contribution in [0.2, 0.25) is 0 Å². The third-order valence-electron chi connectivity index (χ3n) is 2.61. The van der Waals surface area contributed by atoms with Crippen molar-refractivity contribution < 1.29 is 4.79 Å². The summed E-state index contributed by atoms with van der Waals surface area (Å²) in [6.07, 6.45) is 5.25. The maximum Gasteiger partial charge on any atom is 0.253 e. The third-order valence-corrected chi connectivity index (χ3v) is 2.61. The third kappa shape index (κ3) is 4.69. The van der Waals surface area contributed by atoms with Crippen molar-refractivity contribution >= 4 is 5.91 Å². The Bertz CT molecular complexity index is 440. The maximum atomic E-state index is 11.8. The molecular weight excluding hydrogens is 230 g/mol. The Kier molecular flexibility index (Phi) is 6.11. The van der Waals surface area contributed by atoms with E-state index in [4.69, 9.17) is 0 Å². The summed E-state index contributed by atoms with van der Waals surface area (Å²) in [6.45, 7) is 4.76. The van der Waals surface area contributed by atoms with E-state index in [-0.39, 0.29) is 18.0 Å². The minimum atomic E-state index is -0.164. The summed E-state index contributed by atoms with van der Waals surface area (Å²) in [7, 11) is 0. The van der Waals surface area contributed by atoms with E-state index < -0.39 is 0 Å². The van der Waals surface area contributed by atoms with Crippen LogP contribution in [0.5, 0.6) is 0 Å². The van der Waals surface area contributed by atoms with Gasteiger partial charge in [0.15, 0.2) is 0 Å². The lowest BCUT2D eigenvalue weighted by Crippen LogP contribution is -2.32. The van der Waals surface area contributed by atoms with Crippen LogP contribution in [0, 0.1) is 0 Å². The topological polar surface area (TPSA) is 64.0 Å². The molecule has 5 heteroatoms. The molecule has 0 aliphatic carbocycles. The second-order valence-electron chi connectivity index (χ2n) is 4.30. The number of unbranched alkanes of at least 4 members (excludes halogenated alkanes) is 1. The number of hydrogen-bond acceptors (Lipinski definition) is 3. The lowest BCUT2D eigenvalue weighted by atomic mass is 10.2. The average molecular weight is 251 g/mol. The molecule has 0 aliphatic heterocycles. The molecule has 5 nitrogen and oxygen atoms in total. The Balaban J connectivity index is 2.62. The van der Waals surface area contributed by atoms with Gasteiger partial charge in [0.05, 0.1) is 6.33 Å². The fourth-order valence-electron chi connectivity index (χ4n) is 1.55. The molecule has 1 amide bonds. The highest BCUT2D eigenvalue weighted by atomic mass is 16.2. The van der Waals surface area contributed by atoms with Gasteiger partial charge in [0.1, 0.15) is 6.54 Å². The van der Waals surface area contributed by atoms with E-state index in [1.807, 2.05) is 6.92 Å². The number of nitrogens with zero attached hydrogens (tertiary/aromatic N) is 2. The van der Waals surface area contributed by atoms with E-state index in [1.54, 1.807) is 0 Å². The number of rotatable bonds is 7. The molecule has 0 spiro atoms. The molecule has 1 N–H and O–H groups in total. The minimum absolute atomic E-state index is 0.0416. The highest BCUT2D eigenvalue weighted by Gasteiger charge is 2.05. The van der Waals surface area contributed by atoms with Crippen LogP contribution in [0.3, 0.4) is 0 Å². The van der Waals surface area contributed by atoms with Crippen LogP contribution in [0.4, 0.5) is 0 Å². The van der Waals surface area contributed by atoms with Crippen molar-refractivity contribution in [3.8, 4) is 0 Å². The van der Waals surface area contributed by atoms with E-state index in [9.17, 15) is 9.59 Å². The molecule has 0 atom stereocenters. The van der Waals surface area contributed by atoms with Crippen LogP contribution in [0.1, 0.15) is 38.8 Å². The van der Waals surface area contributed by atoms with E-state index in [0.717, 1.165) is 31.4 Å². The van der Waals surface area contributed by atoms with Crippen molar-refractivity contribution in [1.82, 2.24) is 14.9 Å². The summed E-state index contributed by atoms with van der Waals surface area (Å²) >= 11 is 0. The van der Waals surface area contributed by atoms with Crippen LogP contribution in [0.15, 0.2) is 17.2 Å². The number of carbonyl (C=O) groups excluding carboxylic acids is 1. The van der Waals surface area contributed by atoms with Gasteiger partial charge in [-0.05, 0) is 19.3 Å². The van der Waals surface area contributed by atoms with Crippen molar-refractivity contribution in [1.29, 1.82) is 0 Å². The van der Waals surface area contributed by atoms with Crippen LogP contribution in [0.25, 0.3) is 0 Å². The molecule has 100 valence electrons. The fraction of sp³-hybridized carbons (Fsp3) is 0.615. The Hall–Kier alpha value is -1.65. The number of carbonyl (C=O) groups is 1. The standard InChI is InChI=1S/C13H21N3O2/c1-3-5-6-11-8-13(18)16(10-15-11)9-12(17)14-7-4-2/h8,10H,3-7,9H2,1-2H3,(H,14,17). The molecule has 0 aliphatic rings. The van der Waals surface area contributed by atoms with Crippen molar-refractivity contribution in [2.75, 3.05) is 6.54 Å². The molecule has 0 unspecified atom stereocenters. The predicted molar refractivity (Wildman–Crippen MR) is 70.4 cm³/mol. The Morgan fingerprint density at radius 3 is 2.78 bits per heavy atom. The van der Waals surface area contributed by atoms with Crippen LogP contribution in [-0.2, 0) is 17.8 Å². The SMILES string of the molecule is CCCCc1cc(=O)n(CC(=O)NCCC)cn1. The van der Waals surface area contributed by atoms with E-state index in [0.29, 0.717) is 6.54 Å². The number of amides is 1. The van der Waals surface area contributed by atoms with Crippen LogP contribution in [-0.4, -0.2) is 22.0 Å². The van der Waals surface area contributed by atoms with Gasteiger partial charge in [-0.15, -0.1) is 0 Å². The molecule has 1 rings (SSSR count). The normalized spacial score (nSPS) is 10.3. The van der Waals surface area contributed by atoms with Crippen molar-refractivity contribution in [2.24, 2.45) is 0 Å². The Labute approximate surface area is 107 Å². The maximum absolute atomic E-state index is 11.8. The first-order valence-corrected chi connectivity index (χ1v) is 6.49. The Morgan fingerprint density at radius 1 is 1.39 bits per heavy atom. The highest BCUT2D eigenvalue weighted by Crippen LogP contribution is 1.98. The van der Waals surface area contributed by atoms with Gasteiger partial charge in [0, 0.05) is 18.3 Å². The van der Waals surface area contributed by atoms with Crippen LogP contribution >= 0.6 is 0 Å². The summed E-state index contributed by atoms with van der Waals surface area (Å²) in [5.41, 5.74) is 0.634. The molecule has 1 aromatic heterocycles. The molecule has 0 aromatic carbocycles. The van der Waals surface area contributed by atoms with E-state index in [1.165, 1.54) is 17.0 Å². The molecule has 0 fully saturated rings. The van der Waals surface area contributed by atoms with Gasteiger partial charge in [-0.2, -0.15) is 0 Å².